The fraction of sp³-hybridized carbons (Fsp3) is 0.714. The Labute approximate surface area is 120 Å². The second kappa shape index (κ2) is 8.56. The second-order valence-corrected chi connectivity index (χ2v) is 5.36. The average molecular weight is 280 g/mol. The highest BCUT2D eigenvalue weighted by Gasteiger charge is 2.16. The lowest BCUT2D eigenvalue weighted by atomic mass is 10.2. The smallest absolute Gasteiger partial charge is 0.263 e. The van der Waals surface area contributed by atoms with Crippen molar-refractivity contribution < 1.29 is 9.90 Å². The number of carbonyl (C=O) groups excluding carboxylic acids is 1. The van der Waals surface area contributed by atoms with Crippen molar-refractivity contribution in [1.82, 2.24) is 15.1 Å². The minimum absolute atomic E-state index is 0.154. The van der Waals surface area contributed by atoms with Crippen LogP contribution in [0.1, 0.15) is 13.8 Å². The van der Waals surface area contributed by atoms with Gasteiger partial charge in [-0.05, 0) is 5.92 Å². The molecule has 1 aliphatic rings. The fourth-order valence-electron chi connectivity index (χ4n) is 1.97. The minimum atomic E-state index is -0.306. The Hall–Kier alpha value is -1.58. The van der Waals surface area contributed by atoms with Crippen LogP contribution in [0, 0.1) is 17.2 Å². The average Bonchev–Trinajstić information content (AvgIpc) is 2.44. The highest BCUT2D eigenvalue weighted by atomic mass is 16.3. The van der Waals surface area contributed by atoms with Crippen LogP contribution >= 0.6 is 0 Å². The number of carbonyl (C=O) groups is 1. The Kier molecular flexibility index (Phi) is 7.05. The summed E-state index contributed by atoms with van der Waals surface area (Å²) >= 11 is 0. The molecule has 0 unspecified atom stereocenters. The Balaban J connectivity index is 2.49. The highest BCUT2D eigenvalue weighted by molar-refractivity contribution is 5.97. The predicted molar refractivity (Wildman–Crippen MR) is 76.6 cm³/mol. The molecule has 1 saturated heterocycles. The van der Waals surface area contributed by atoms with Gasteiger partial charge in [-0.15, -0.1) is 0 Å². The second-order valence-electron chi connectivity index (χ2n) is 5.36. The van der Waals surface area contributed by atoms with E-state index >= 15 is 0 Å². The molecule has 1 aliphatic heterocycles. The zero-order valence-corrected chi connectivity index (χ0v) is 12.3. The summed E-state index contributed by atoms with van der Waals surface area (Å²) in [5.74, 6) is 0.0555. The number of β-amino-alcohol motifs (C(OH)–C–C–N with tert-alkyl or cyclic N) is 1. The van der Waals surface area contributed by atoms with E-state index in [0.29, 0.717) is 19.0 Å². The summed E-state index contributed by atoms with van der Waals surface area (Å²) in [6, 6.07) is 1.96. The number of nitrogens with one attached hydrogen (secondary N) is 1. The molecule has 0 aromatic rings. The summed E-state index contributed by atoms with van der Waals surface area (Å²) in [6.07, 6.45) is 1.64. The molecule has 0 saturated carbocycles. The van der Waals surface area contributed by atoms with E-state index in [-0.39, 0.29) is 18.1 Å². The molecule has 1 heterocycles. The van der Waals surface area contributed by atoms with Gasteiger partial charge < -0.3 is 15.3 Å². The van der Waals surface area contributed by atoms with Gasteiger partial charge >= 0.3 is 0 Å². The van der Waals surface area contributed by atoms with Crippen LogP contribution in [0.5, 0.6) is 0 Å². The van der Waals surface area contributed by atoms with Gasteiger partial charge in [-0.25, -0.2) is 0 Å². The van der Waals surface area contributed by atoms with Gasteiger partial charge in [-0.3, -0.25) is 9.69 Å². The van der Waals surface area contributed by atoms with Crippen molar-refractivity contribution >= 4 is 5.91 Å². The van der Waals surface area contributed by atoms with Crippen molar-refractivity contribution in [3.8, 4) is 6.07 Å². The minimum Gasteiger partial charge on any atom is -0.395 e. The Bertz CT molecular complexity index is 379. The number of nitriles is 1. The van der Waals surface area contributed by atoms with Crippen LogP contribution < -0.4 is 5.32 Å². The lowest BCUT2D eigenvalue weighted by Gasteiger charge is -2.33. The quantitative estimate of drug-likeness (QED) is 0.519. The summed E-state index contributed by atoms with van der Waals surface area (Å²) in [4.78, 5) is 16.0. The lowest BCUT2D eigenvalue weighted by Crippen LogP contribution is -2.45. The van der Waals surface area contributed by atoms with E-state index in [1.165, 1.54) is 0 Å². The summed E-state index contributed by atoms with van der Waals surface area (Å²) in [6.45, 7) is 8.64. The summed E-state index contributed by atoms with van der Waals surface area (Å²) in [5, 5.41) is 20.7. The maximum atomic E-state index is 11.8. The number of hydrogen-bond acceptors (Lipinski definition) is 5. The van der Waals surface area contributed by atoms with Crippen LogP contribution in [0.4, 0.5) is 0 Å². The number of amides is 1. The van der Waals surface area contributed by atoms with E-state index in [1.807, 2.05) is 24.8 Å². The first kappa shape index (κ1) is 16.5. The van der Waals surface area contributed by atoms with Crippen LogP contribution in [0.2, 0.25) is 0 Å². The highest BCUT2D eigenvalue weighted by Crippen LogP contribution is 2.05. The van der Waals surface area contributed by atoms with Crippen LogP contribution in [0.15, 0.2) is 11.8 Å². The maximum Gasteiger partial charge on any atom is 0.263 e. The molecule has 112 valence electrons. The third-order valence-corrected chi connectivity index (χ3v) is 3.17. The van der Waals surface area contributed by atoms with Crippen molar-refractivity contribution in [2.75, 3.05) is 45.9 Å². The third kappa shape index (κ3) is 5.59. The van der Waals surface area contributed by atoms with E-state index in [9.17, 15) is 4.79 Å². The van der Waals surface area contributed by atoms with Gasteiger partial charge in [-0.1, -0.05) is 13.8 Å². The summed E-state index contributed by atoms with van der Waals surface area (Å²) in [7, 11) is 0. The molecule has 2 N–H and O–H groups in total. The molecule has 6 nitrogen and oxygen atoms in total. The predicted octanol–water partition coefficient (Wildman–Crippen LogP) is -0.224. The first-order valence-electron chi connectivity index (χ1n) is 7.04. The molecule has 0 radical (unpaired) electrons. The normalized spacial score (nSPS) is 17.1. The van der Waals surface area contributed by atoms with Gasteiger partial charge in [0.2, 0.25) is 0 Å². The van der Waals surface area contributed by atoms with E-state index in [0.717, 1.165) is 26.2 Å². The Morgan fingerprint density at radius 1 is 1.40 bits per heavy atom. The van der Waals surface area contributed by atoms with Gasteiger partial charge in [0, 0.05) is 45.5 Å². The number of aliphatic hydroxyl groups excluding tert-OH is 1. The van der Waals surface area contributed by atoms with E-state index in [4.69, 9.17) is 10.4 Å². The summed E-state index contributed by atoms with van der Waals surface area (Å²) < 4.78 is 0. The van der Waals surface area contributed by atoms with Crippen molar-refractivity contribution in [3.05, 3.63) is 11.8 Å². The van der Waals surface area contributed by atoms with Crippen molar-refractivity contribution in [2.24, 2.45) is 5.92 Å². The van der Waals surface area contributed by atoms with Gasteiger partial charge in [0.25, 0.3) is 5.91 Å². The maximum absolute atomic E-state index is 11.8. The molecule has 0 aliphatic carbocycles. The molecule has 6 heteroatoms. The van der Waals surface area contributed by atoms with Gasteiger partial charge in [0.05, 0.1) is 6.61 Å². The zero-order valence-electron chi connectivity index (χ0n) is 12.3. The first-order chi connectivity index (χ1) is 9.56. The van der Waals surface area contributed by atoms with Crippen molar-refractivity contribution in [3.63, 3.8) is 0 Å². The molecular formula is C14H24N4O2. The molecule has 1 rings (SSSR count). The number of aliphatic hydroxyl groups is 1. The molecule has 0 bridgehead atoms. The molecule has 0 atom stereocenters. The lowest BCUT2D eigenvalue weighted by molar-refractivity contribution is -0.117. The topological polar surface area (TPSA) is 79.6 Å². The first-order valence-corrected chi connectivity index (χ1v) is 7.04. The standard InChI is InChI=1S/C14H24N4O2/c1-12(2)10-16-14(20)13(9-15)11-18-5-3-17(4-6-18)7-8-19/h11-12,19H,3-8,10H2,1-2H3,(H,16,20)/b13-11-. The molecule has 0 aromatic heterocycles. The zero-order chi connectivity index (χ0) is 15.0. The van der Waals surface area contributed by atoms with Crippen LogP contribution in [-0.4, -0.2) is 66.7 Å². The number of hydrogen-bond donors (Lipinski definition) is 2. The Morgan fingerprint density at radius 2 is 2.05 bits per heavy atom. The molecular weight excluding hydrogens is 256 g/mol. The SMILES string of the molecule is CC(C)CNC(=O)/C(C#N)=C\N1CCN(CCO)CC1. The number of piperazine rings is 1. The molecule has 20 heavy (non-hydrogen) atoms. The van der Waals surface area contributed by atoms with Gasteiger partial charge in [0.1, 0.15) is 11.6 Å². The van der Waals surface area contributed by atoms with Crippen LogP contribution in [-0.2, 0) is 4.79 Å². The molecule has 1 fully saturated rings. The van der Waals surface area contributed by atoms with Crippen LogP contribution in [0.3, 0.4) is 0 Å². The summed E-state index contributed by atoms with van der Waals surface area (Å²) in [5.41, 5.74) is 0.154. The molecule has 0 aromatic carbocycles. The molecule has 1 amide bonds. The monoisotopic (exact) mass is 280 g/mol. The Morgan fingerprint density at radius 3 is 2.55 bits per heavy atom. The van der Waals surface area contributed by atoms with Crippen molar-refractivity contribution in [1.29, 1.82) is 5.26 Å². The largest absolute Gasteiger partial charge is 0.395 e. The molecule has 0 spiro atoms. The number of nitrogens with zero attached hydrogens (tertiary/aromatic N) is 3. The van der Waals surface area contributed by atoms with Crippen molar-refractivity contribution in [2.45, 2.75) is 13.8 Å². The third-order valence-electron chi connectivity index (χ3n) is 3.17. The van der Waals surface area contributed by atoms with E-state index < -0.39 is 0 Å². The van der Waals surface area contributed by atoms with Gasteiger partial charge in [0.15, 0.2) is 0 Å². The van der Waals surface area contributed by atoms with E-state index in [1.54, 1.807) is 6.20 Å². The van der Waals surface area contributed by atoms with Crippen LogP contribution in [0.25, 0.3) is 0 Å². The fourth-order valence-corrected chi connectivity index (χ4v) is 1.97. The van der Waals surface area contributed by atoms with Gasteiger partial charge in [-0.2, -0.15) is 5.26 Å². The number of rotatable bonds is 6. The van der Waals surface area contributed by atoms with E-state index in [2.05, 4.69) is 10.2 Å².